The molecule has 0 atom stereocenters. The second-order valence-corrected chi connectivity index (χ2v) is 5.81. The van der Waals surface area contributed by atoms with Crippen molar-refractivity contribution in [2.75, 3.05) is 19.5 Å². The van der Waals surface area contributed by atoms with E-state index in [1.54, 1.807) is 7.11 Å². The van der Waals surface area contributed by atoms with E-state index in [0.717, 1.165) is 32.2 Å². The summed E-state index contributed by atoms with van der Waals surface area (Å²) in [7, 11) is 3.54. The fourth-order valence-corrected chi connectivity index (χ4v) is 3.02. The SMILES string of the molecule is CNc1nc(-c2ccc(OC)cc2)nc(C(C)C)c1I. The van der Waals surface area contributed by atoms with Gasteiger partial charge in [-0.25, -0.2) is 9.97 Å². The largest absolute Gasteiger partial charge is 0.497 e. The van der Waals surface area contributed by atoms with Crippen molar-refractivity contribution >= 4 is 28.4 Å². The number of aromatic nitrogens is 2. The first-order valence-electron chi connectivity index (χ1n) is 6.46. The third kappa shape index (κ3) is 3.03. The Bertz CT molecular complexity index is 597. The maximum Gasteiger partial charge on any atom is 0.161 e. The van der Waals surface area contributed by atoms with Gasteiger partial charge in [0, 0.05) is 12.6 Å². The van der Waals surface area contributed by atoms with Crippen LogP contribution in [0.15, 0.2) is 24.3 Å². The quantitative estimate of drug-likeness (QED) is 0.814. The molecule has 5 heteroatoms. The minimum atomic E-state index is 0.356. The minimum absolute atomic E-state index is 0.356. The Balaban J connectivity index is 2.52. The van der Waals surface area contributed by atoms with Crippen molar-refractivity contribution in [1.82, 2.24) is 9.97 Å². The molecule has 106 valence electrons. The van der Waals surface area contributed by atoms with Crippen LogP contribution in [0.3, 0.4) is 0 Å². The number of ether oxygens (including phenoxy) is 1. The number of hydrogen-bond acceptors (Lipinski definition) is 4. The van der Waals surface area contributed by atoms with E-state index in [1.807, 2.05) is 31.3 Å². The van der Waals surface area contributed by atoms with Gasteiger partial charge >= 0.3 is 0 Å². The monoisotopic (exact) mass is 383 g/mol. The van der Waals surface area contributed by atoms with E-state index in [0.29, 0.717) is 5.92 Å². The first-order valence-corrected chi connectivity index (χ1v) is 7.54. The molecule has 0 spiro atoms. The Hall–Kier alpha value is -1.37. The second-order valence-electron chi connectivity index (χ2n) is 4.73. The van der Waals surface area contributed by atoms with E-state index >= 15 is 0 Å². The molecular weight excluding hydrogens is 365 g/mol. The first kappa shape index (κ1) is 15.0. The van der Waals surface area contributed by atoms with Crippen LogP contribution in [0.25, 0.3) is 11.4 Å². The van der Waals surface area contributed by atoms with Gasteiger partial charge in [0.15, 0.2) is 5.82 Å². The van der Waals surface area contributed by atoms with Crippen LogP contribution in [0.4, 0.5) is 5.82 Å². The molecule has 0 radical (unpaired) electrons. The molecule has 0 fully saturated rings. The number of anilines is 1. The summed E-state index contributed by atoms with van der Waals surface area (Å²) < 4.78 is 6.26. The topological polar surface area (TPSA) is 47.0 Å². The molecule has 2 aromatic rings. The van der Waals surface area contributed by atoms with E-state index in [1.165, 1.54) is 0 Å². The van der Waals surface area contributed by atoms with Gasteiger partial charge < -0.3 is 10.1 Å². The van der Waals surface area contributed by atoms with Crippen LogP contribution in [0, 0.1) is 3.57 Å². The highest BCUT2D eigenvalue weighted by molar-refractivity contribution is 14.1. The summed E-state index contributed by atoms with van der Waals surface area (Å²) in [4.78, 5) is 9.30. The highest BCUT2D eigenvalue weighted by Crippen LogP contribution is 2.28. The van der Waals surface area contributed by atoms with Gasteiger partial charge in [-0.1, -0.05) is 13.8 Å². The lowest BCUT2D eigenvalue weighted by atomic mass is 10.1. The minimum Gasteiger partial charge on any atom is -0.497 e. The van der Waals surface area contributed by atoms with Crippen LogP contribution in [0.1, 0.15) is 25.5 Å². The molecule has 1 N–H and O–H groups in total. The zero-order valence-electron chi connectivity index (χ0n) is 12.1. The Morgan fingerprint density at radius 3 is 2.30 bits per heavy atom. The van der Waals surface area contributed by atoms with Crippen molar-refractivity contribution in [2.45, 2.75) is 19.8 Å². The lowest BCUT2D eigenvalue weighted by molar-refractivity contribution is 0.415. The van der Waals surface area contributed by atoms with E-state index < -0.39 is 0 Å². The first-order chi connectivity index (χ1) is 9.56. The van der Waals surface area contributed by atoms with Gasteiger partial charge in [0.1, 0.15) is 11.6 Å². The van der Waals surface area contributed by atoms with Gasteiger partial charge in [0.2, 0.25) is 0 Å². The molecule has 1 heterocycles. The predicted molar refractivity (Wildman–Crippen MR) is 90.4 cm³/mol. The summed E-state index contributed by atoms with van der Waals surface area (Å²) in [6, 6.07) is 7.80. The molecule has 0 aliphatic heterocycles. The number of methoxy groups -OCH3 is 1. The smallest absolute Gasteiger partial charge is 0.161 e. The number of nitrogens with one attached hydrogen (secondary N) is 1. The Labute approximate surface area is 133 Å². The summed E-state index contributed by atoms with van der Waals surface area (Å²) in [5, 5.41) is 3.14. The summed E-state index contributed by atoms with van der Waals surface area (Å²) in [6.07, 6.45) is 0. The fraction of sp³-hybridized carbons (Fsp3) is 0.333. The van der Waals surface area contributed by atoms with Gasteiger partial charge in [-0.15, -0.1) is 0 Å². The number of hydrogen-bond donors (Lipinski definition) is 1. The molecule has 0 aliphatic rings. The van der Waals surface area contributed by atoms with Crippen LogP contribution in [-0.4, -0.2) is 24.1 Å². The maximum atomic E-state index is 5.18. The van der Waals surface area contributed by atoms with Crippen molar-refractivity contribution in [3.8, 4) is 17.1 Å². The third-order valence-corrected chi connectivity index (χ3v) is 4.07. The average molecular weight is 383 g/mol. The number of rotatable bonds is 4. The Morgan fingerprint density at radius 2 is 1.80 bits per heavy atom. The van der Waals surface area contributed by atoms with Crippen molar-refractivity contribution in [2.24, 2.45) is 0 Å². The third-order valence-electron chi connectivity index (χ3n) is 3.01. The molecule has 4 nitrogen and oxygen atoms in total. The number of benzene rings is 1. The fourth-order valence-electron chi connectivity index (χ4n) is 1.88. The lowest BCUT2D eigenvalue weighted by Gasteiger charge is -2.13. The summed E-state index contributed by atoms with van der Waals surface area (Å²) >= 11 is 2.30. The summed E-state index contributed by atoms with van der Waals surface area (Å²) in [5.41, 5.74) is 2.05. The normalized spacial score (nSPS) is 10.7. The van der Waals surface area contributed by atoms with Crippen LogP contribution in [0.5, 0.6) is 5.75 Å². The molecule has 2 rings (SSSR count). The van der Waals surface area contributed by atoms with Gasteiger partial charge in [-0.05, 0) is 52.8 Å². The molecule has 1 aromatic carbocycles. The molecule has 0 bridgehead atoms. The van der Waals surface area contributed by atoms with Crippen molar-refractivity contribution in [1.29, 1.82) is 0 Å². The van der Waals surface area contributed by atoms with Gasteiger partial charge in [0.05, 0.1) is 16.4 Å². The standard InChI is InChI=1S/C15H18IN3O/c1-9(2)13-12(16)15(17-3)19-14(18-13)10-5-7-11(20-4)8-6-10/h5-9H,1-4H3,(H,17,18,19). The zero-order valence-corrected chi connectivity index (χ0v) is 14.2. The lowest BCUT2D eigenvalue weighted by Crippen LogP contribution is -2.06. The van der Waals surface area contributed by atoms with Crippen molar-refractivity contribution in [3.05, 3.63) is 33.5 Å². The Morgan fingerprint density at radius 1 is 1.15 bits per heavy atom. The average Bonchev–Trinajstić information content (AvgIpc) is 2.47. The predicted octanol–water partition coefficient (Wildman–Crippen LogP) is 3.92. The summed E-state index contributed by atoms with van der Waals surface area (Å²) in [6.45, 7) is 4.28. The highest BCUT2D eigenvalue weighted by atomic mass is 127. The van der Waals surface area contributed by atoms with Gasteiger partial charge in [-0.3, -0.25) is 0 Å². The molecule has 0 aliphatic carbocycles. The second kappa shape index (κ2) is 6.39. The van der Waals surface area contributed by atoms with E-state index in [-0.39, 0.29) is 0 Å². The van der Waals surface area contributed by atoms with E-state index in [2.05, 4.69) is 46.7 Å². The van der Waals surface area contributed by atoms with Crippen molar-refractivity contribution in [3.63, 3.8) is 0 Å². The summed E-state index contributed by atoms with van der Waals surface area (Å²) in [5.74, 6) is 2.79. The molecule has 20 heavy (non-hydrogen) atoms. The van der Waals surface area contributed by atoms with Gasteiger partial charge in [-0.2, -0.15) is 0 Å². The van der Waals surface area contributed by atoms with Crippen LogP contribution in [0.2, 0.25) is 0 Å². The van der Waals surface area contributed by atoms with Crippen molar-refractivity contribution < 1.29 is 4.74 Å². The van der Waals surface area contributed by atoms with E-state index in [9.17, 15) is 0 Å². The molecular formula is C15H18IN3O. The highest BCUT2D eigenvalue weighted by Gasteiger charge is 2.15. The maximum absolute atomic E-state index is 5.18. The van der Waals surface area contributed by atoms with E-state index in [4.69, 9.17) is 9.72 Å². The zero-order chi connectivity index (χ0) is 14.7. The molecule has 0 saturated heterocycles. The molecule has 0 unspecified atom stereocenters. The van der Waals surface area contributed by atoms with Crippen LogP contribution < -0.4 is 10.1 Å². The Kier molecular flexibility index (Phi) is 4.80. The number of nitrogens with zero attached hydrogens (tertiary/aromatic N) is 2. The molecule has 0 saturated carbocycles. The molecule has 0 amide bonds. The molecule has 1 aromatic heterocycles. The van der Waals surface area contributed by atoms with Crippen LogP contribution in [-0.2, 0) is 0 Å². The number of halogens is 1. The van der Waals surface area contributed by atoms with Crippen LogP contribution >= 0.6 is 22.6 Å². The van der Waals surface area contributed by atoms with Gasteiger partial charge in [0.25, 0.3) is 0 Å².